The molecule has 0 saturated heterocycles. The van der Waals surface area contributed by atoms with Gasteiger partial charge >= 0.3 is 0 Å². The summed E-state index contributed by atoms with van der Waals surface area (Å²) in [5.74, 6) is 1.10. The minimum Gasteiger partial charge on any atom is -0.383 e. The van der Waals surface area contributed by atoms with E-state index in [1.807, 2.05) is 11.8 Å². The molecule has 0 aliphatic carbocycles. The summed E-state index contributed by atoms with van der Waals surface area (Å²) < 4.78 is 0. The zero-order valence-corrected chi connectivity index (χ0v) is 10.5. The second-order valence-corrected chi connectivity index (χ2v) is 4.45. The quantitative estimate of drug-likeness (QED) is 0.768. The molecule has 0 aromatic carbocycles. The lowest BCUT2D eigenvalue weighted by Gasteiger charge is -2.25. The van der Waals surface area contributed by atoms with Crippen molar-refractivity contribution in [2.24, 2.45) is 11.7 Å². The van der Waals surface area contributed by atoms with Gasteiger partial charge in [-0.05, 0) is 12.8 Å². The highest BCUT2D eigenvalue weighted by Gasteiger charge is 2.16. The molecule has 0 fully saturated rings. The molecule has 94 valence electrons. The molecular formula is C11H19N5O. The Bertz CT molecular complexity index is 405. The molecule has 1 aromatic rings. The van der Waals surface area contributed by atoms with Crippen LogP contribution in [0.2, 0.25) is 0 Å². The van der Waals surface area contributed by atoms with Crippen molar-refractivity contribution in [3.05, 3.63) is 11.9 Å². The SMILES string of the molecule is Cc1c(N)ncnc1N(CC(N)=O)CC(C)C. The normalized spacial score (nSPS) is 10.6. The predicted octanol–water partition coefficient (Wildman–Crippen LogP) is 0.315. The highest BCUT2D eigenvalue weighted by Crippen LogP contribution is 2.20. The van der Waals surface area contributed by atoms with E-state index in [2.05, 4.69) is 23.8 Å². The second-order valence-electron chi connectivity index (χ2n) is 4.45. The zero-order chi connectivity index (χ0) is 13.0. The number of aromatic nitrogens is 2. The van der Waals surface area contributed by atoms with Crippen molar-refractivity contribution in [2.75, 3.05) is 23.7 Å². The Balaban J connectivity index is 3.03. The molecule has 1 heterocycles. The molecule has 1 amide bonds. The van der Waals surface area contributed by atoms with Crippen molar-refractivity contribution in [1.29, 1.82) is 0 Å². The molecule has 0 atom stereocenters. The third-order valence-corrected chi connectivity index (χ3v) is 2.33. The minimum absolute atomic E-state index is 0.134. The second kappa shape index (κ2) is 5.47. The fourth-order valence-electron chi connectivity index (χ4n) is 1.63. The first-order chi connectivity index (χ1) is 7.91. The van der Waals surface area contributed by atoms with E-state index in [0.29, 0.717) is 24.1 Å². The first kappa shape index (κ1) is 13.2. The Morgan fingerprint density at radius 2 is 2.12 bits per heavy atom. The van der Waals surface area contributed by atoms with E-state index in [0.717, 1.165) is 5.56 Å². The maximum absolute atomic E-state index is 11.1. The number of hydrogen-bond acceptors (Lipinski definition) is 5. The number of amides is 1. The van der Waals surface area contributed by atoms with E-state index in [-0.39, 0.29) is 12.5 Å². The van der Waals surface area contributed by atoms with Crippen LogP contribution in [0.25, 0.3) is 0 Å². The van der Waals surface area contributed by atoms with Crippen LogP contribution >= 0.6 is 0 Å². The average Bonchev–Trinajstić information content (AvgIpc) is 2.19. The summed E-state index contributed by atoms with van der Waals surface area (Å²) in [6.07, 6.45) is 1.39. The van der Waals surface area contributed by atoms with Crippen LogP contribution < -0.4 is 16.4 Å². The van der Waals surface area contributed by atoms with Crippen LogP contribution in [0.15, 0.2) is 6.33 Å². The largest absolute Gasteiger partial charge is 0.383 e. The van der Waals surface area contributed by atoms with Gasteiger partial charge in [-0.3, -0.25) is 4.79 Å². The van der Waals surface area contributed by atoms with Crippen LogP contribution in [-0.4, -0.2) is 29.0 Å². The van der Waals surface area contributed by atoms with E-state index in [4.69, 9.17) is 11.5 Å². The van der Waals surface area contributed by atoms with E-state index in [9.17, 15) is 4.79 Å². The number of anilines is 2. The highest BCUT2D eigenvalue weighted by atomic mass is 16.1. The fraction of sp³-hybridized carbons (Fsp3) is 0.545. The molecule has 0 aliphatic rings. The van der Waals surface area contributed by atoms with Gasteiger partial charge in [0.1, 0.15) is 18.0 Å². The van der Waals surface area contributed by atoms with Gasteiger partial charge in [-0.15, -0.1) is 0 Å². The number of carbonyl (C=O) groups is 1. The number of primary amides is 1. The van der Waals surface area contributed by atoms with Gasteiger partial charge in [0.25, 0.3) is 0 Å². The van der Waals surface area contributed by atoms with Gasteiger partial charge in [-0.2, -0.15) is 0 Å². The fourth-order valence-corrected chi connectivity index (χ4v) is 1.63. The Kier molecular flexibility index (Phi) is 4.25. The van der Waals surface area contributed by atoms with Crippen LogP contribution in [0, 0.1) is 12.8 Å². The van der Waals surface area contributed by atoms with Crippen LogP contribution in [0.1, 0.15) is 19.4 Å². The summed E-state index contributed by atoms with van der Waals surface area (Å²) in [7, 11) is 0. The standard InChI is InChI=1S/C11H19N5O/c1-7(2)4-16(5-9(12)17)11-8(3)10(13)14-6-15-11/h6-7H,4-5H2,1-3H3,(H2,12,17)(H2,13,14,15). The maximum atomic E-state index is 11.1. The van der Waals surface area contributed by atoms with Crippen LogP contribution in [-0.2, 0) is 4.79 Å². The molecule has 17 heavy (non-hydrogen) atoms. The van der Waals surface area contributed by atoms with Gasteiger partial charge in [-0.1, -0.05) is 13.8 Å². The van der Waals surface area contributed by atoms with E-state index >= 15 is 0 Å². The predicted molar refractivity (Wildman–Crippen MR) is 67.4 cm³/mol. The number of rotatable bonds is 5. The lowest BCUT2D eigenvalue weighted by molar-refractivity contribution is -0.116. The molecule has 6 heteroatoms. The summed E-state index contributed by atoms with van der Waals surface area (Å²) >= 11 is 0. The number of carbonyl (C=O) groups excluding carboxylic acids is 1. The molecule has 0 unspecified atom stereocenters. The lowest BCUT2D eigenvalue weighted by atomic mass is 10.2. The van der Waals surface area contributed by atoms with Crippen molar-refractivity contribution in [2.45, 2.75) is 20.8 Å². The number of nitrogens with zero attached hydrogens (tertiary/aromatic N) is 3. The first-order valence-electron chi connectivity index (χ1n) is 5.52. The van der Waals surface area contributed by atoms with Gasteiger partial charge < -0.3 is 16.4 Å². The molecule has 4 N–H and O–H groups in total. The van der Waals surface area contributed by atoms with Gasteiger partial charge in [0.05, 0.1) is 6.54 Å². The third kappa shape index (κ3) is 3.58. The Hall–Kier alpha value is -1.85. The van der Waals surface area contributed by atoms with E-state index in [1.54, 1.807) is 0 Å². The van der Waals surface area contributed by atoms with Crippen molar-refractivity contribution < 1.29 is 4.79 Å². The smallest absolute Gasteiger partial charge is 0.236 e. The van der Waals surface area contributed by atoms with Crippen LogP contribution in [0.4, 0.5) is 11.6 Å². The van der Waals surface area contributed by atoms with Crippen molar-refractivity contribution >= 4 is 17.5 Å². The van der Waals surface area contributed by atoms with E-state index in [1.165, 1.54) is 6.33 Å². The Morgan fingerprint density at radius 1 is 1.47 bits per heavy atom. The first-order valence-corrected chi connectivity index (χ1v) is 5.52. The number of hydrogen-bond donors (Lipinski definition) is 2. The molecule has 1 rings (SSSR count). The molecule has 0 spiro atoms. The van der Waals surface area contributed by atoms with E-state index < -0.39 is 0 Å². The van der Waals surface area contributed by atoms with Crippen molar-refractivity contribution in [1.82, 2.24) is 9.97 Å². The molecular weight excluding hydrogens is 218 g/mol. The third-order valence-electron chi connectivity index (χ3n) is 2.33. The van der Waals surface area contributed by atoms with Crippen LogP contribution in [0.5, 0.6) is 0 Å². The number of nitrogens with two attached hydrogens (primary N) is 2. The summed E-state index contributed by atoms with van der Waals surface area (Å²) in [6.45, 7) is 6.79. The molecule has 6 nitrogen and oxygen atoms in total. The van der Waals surface area contributed by atoms with Crippen molar-refractivity contribution in [3.63, 3.8) is 0 Å². The van der Waals surface area contributed by atoms with Gasteiger partial charge in [-0.25, -0.2) is 9.97 Å². The molecule has 0 saturated carbocycles. The molecule has 0 radical (unpaired) electrons. The lowest BCUT2D eigenvalue weighted by Crippen LogP contribution is -2.37. The average molecular weight is 237 g/mol. The summed E-state index contributed by atoms with van der Waals surface area (Å²) in [5.41, 5.74) is 11.7. The zero-order valence-electron chi connectivity index (χ0n) is 10.5. The summed E-state index contributed by atoms with van der Waals surface area (Å²) in [5, 5.41) is 0. The summed E-state index contributed by atoms with van der Waals surface area (Å²) in [6, 6.07) is 0. The topological polar surface area (TPSA) is 98.1 Å². The molecule has 1 aromatic heterocycles. The minimum atomic E-state index is -0.387. The van der Waals surface area contributed by atoms with Gasteiger partial charge in [0.15, 0.2) is 0 Å². The Morgan fingerprint density at radius 3 is 2.65 bits per heavy atom. The molecule has 0 aliphatic heterocycles. The van der Waals surface area contributed by atoms with Crippen molar-refractivity contribution in [3.8, 4) is 0 Å². The van der Waals surface area contributed by atoms with Crippen LogP contribution in [0.3, 0.4) is 0 Å². The summed E-state index contributed by atoms with van der Waals surface area (Å²) in [4.78, 5) is 21.0. The maximum Gasteiger partial charge on any atom is 0.236 e. The van der Waals surface area contributed by atoms with Gasteiger partial charge in [0, 0.05) is 12.1 Å². The monoisotopic (exact) mass is 237 g/mol. The highest BCUT2D eigenvalue weighted by molar-refractivity contribution is 5.79. The Labute approximate surface area is 101 Å². The van der Waals surface area contributed by atoms with Gasteiger partial charge in [0.2, 0.25) is 5.91 Å². The molecule has 0 bridgehead atoms. The number of nitrogen functional groups attached to an aromatic ring is 1.